The summed E-state index contributed by atoms with van der Waals surface area (Å²) in [6.07, 6.45) is 2.49. The summed E-state index contributed by atoms with van der Waals surface area (Å²) >= 11 is 6.01. The number of aromatic nitrogens is 2. The Balaban J connectivity index is 1.71. The van der Waals surface area contributed by atoms with Crippen molar-refractivity contribution in [1.82, 2.24) is 15.1 Å². The zero-order chi connectivity index (χ0) is 16.4. The van der Waals surface area contributed by atoms with Crippen molar-refractivity contribution < 1.29 is 9.90 Å². The highest BCUT2D eigenvalue weighted by atomic mass is 35.5. The molecule has 1 heterocycles. The van der Waals surface area contributed by atoms with E-state index in [0.717, 1.165) is 30.6 Å². The van der Waals surface area contributed by atoms with Crippen LogP contribution in [0.15, 0.2) is 30.3 Å². The van der Waals surface area contributed by atoms with Gasteiger partial charge in [-0.1, -0.05) is 24.1 Å². The molecule has 1 fully saturated rings. The van der Waals surface area contributed by atoms with Gasteiger partial charge in [-0.25, -0.2) is 4.68 Å². The molecule has 6 heteroatoms. The van der Waals surface area contributed by atoms with Crippen LogP contribution in [-0.4, -0.2) is 33.4 Å². The Labute approximate surface area is 140 Å². The maximum Gasteiger partial charge on any atom is 0.271 e. The van der Waals surface area contributed by atoms with Crippen LogP contribution in [0.2, 0.25) is 5.02 Å². The van der Waals surface area contributed by atoms with Crippen molar-refractivity contribution in [3.63, 3.8) is 0 Å². The van der Waals surface area contributed by atoms with E-state index in [2.05, 4.69) is 10.4 Å². The van der Waals surface area contributed by atoms with Gasteiger partial charge in [-0.3, -0.25) is 4.79 Å². The number of benzene rings is 1. The molecule has 3 rings (SSSR count). The summed E-state index contributed by atoms with van der Waals surface area (Å²) < 4.78 is 1.70. The molecule has 1 amide bonds. The number of amides is 1. The second kappa shape index (κ2) is 6.72. The van der Waals surface area contributed by atoms with E-state index in [1.54, 1.807) is 22.9 Å². The topological polar surface area (TPSA) is 67.2 Å². The van der Waals surface area contributed by atoms with Gasteiger partial charge in [-0.2, -0.15) is 5.10 Å². The first-order chi connectivity index (χ1) is 11.0. The third-order valence-electron chi connectivity index (χ3n) is 4.32. The van der Waals surface area contributed by atoms with Crippen LogP contribution >= 0.6 is 11.6 Å². The molecule has 2 N–H and O–H groups in total. The minimum absolute atomic E-state index is 0.148. The predicted molar refractivity (Wildman–Crippen MR) is 89.0 cm³/mol. The standard InChI is InChI=1S/C17H20ClN3O2/c1-11-8-15(17(23)19-10-12-4-2-7-16(12)22)20-21(11)14-6-3-5-13(18)9-14/h3,5-6,8-9,12,16,22H,2,4,7,10H2,1H3,(H,19,23). The Kier molecular flexibility index (Phi) is 4.68. The molecule has 0 radical (unpaired) electrons. The molecule has 2 aromatic rings. The molecule has 23 heavy (non-hydrogen) atoms. The van der Waals surface area contributed by atoms with E-state index in [4.69, 9.17) is 11.6 Å². The van der Waals surface area contributed by atoms with Crippen LogP contribution in [0.5, 0.6) is 0 Å². The average molecular weight is 334 g/mol. The van der Waals surface area contributed by atoms with Crippen LogP contribution in [-0.2, 0) is 0 Å². The van der Waals surface area contributed by atoms with Crippen LogP contribution in [0.1, 0.15) is 35.4 Å². The fraction of sp³-hybridized carbons (Fsp3) is 0.412. The van der Waals surface area contributed by atoms with E-state index in [1.807, 2.05) is 19.1 Å². The van der Waals surface area contributed by atoms with Crippen LogP contribution in [0, 0.1) is 12.8 Å². The van der Waals surface area contributed by atoms with Crippen molar-refractivity contribution in [3.05, 3.63) is 46.7 Å². The number of rotatable bonds is 4. The molecule has 2 atom stereocenters. The smallest absolute Gasteiger partial charge is 0.271 e. The molecule has 0 saturated heterocycles. The Hall–Kier alpha value is -1.85. The lowest BCUT2D eigenvalue weighted by Gasteiger charge is -2.14. The summed E-state index contributed by atoms with van der Waals surface area (Å²) in [6.45, 7) is 2.38. The zero-order valence-electron chi connectivity index (χ0n) is 13.0. The monoisotopic (exact) mass is 333 g/mol. The number of aryl methyl sites for hydroxylation is 1. The zero-order valence-corrected chi connectivity index (χ0v) is 13.8. The fourth-order valence-corrected chi connectivity index (χ4v) is 3.21. The lowest BCUT2D eigenvalue weighted by atomic mass is 10.1. The minimum Gasteiger partial charge on any atom is -0.393 e. The Morgan fingerprint density at radius 3 is 2.96 bits per heavy atom. The summed E-state index contributed by atoms with van der Waals surface area (Å²) in [5.74, 6) is -0.0666. The molecule has 0 aliphatic heterocycles. The normalized spacial score (nSPS) is 20.7. The van der Waals surface area contributed by atoms with Crippen molar-refractivity contribution in [2.75, 3.05) is 6.54 Å². The highest BCUT2D eigenvalue weighted by Crippen LogP contribution is 2.24. The van der Waals surface area contributed by atoms with E-state index in [0.29, 0.717) is 17.3 Å². The Bertz CT molecular complexity index is 714. The molecule has 1 aliphatic rings. The summed E-state index contributed by atoms with van der Waals surface area (Å²) in [4.78, 5) is 12.3. The van der Waals surface area contributed by atoms with E-state index in [9.17, 15) is 9.90 Å². The quantitative estimate of drug-likeness (QED) is 0.904. The highest BCUT2D eigenvalue weighted by molar-refractivity contribution is 6.30. The van der Waals surface area contributed by atoms with Crippen LogP contribution in [0.3, 0.4) is 0 Å². The first-order valence-electron chi connectivity index (χ1n) is 7.83. The second-order valence-electron chi connectivity index (χ2n) is 6.03. The summed E-state index contributed by atoms with van der Waals surface area (Å²) in [5.41, 5.74) is 2.05. The van der Waals surface area contributed by atoms with Crippen molar-refractivity contribution >= 4 is 17.5 Å². The van der Waals surface area contributed by atoms with E-state index >= 15 is 0 Å². The predicted octanol–water partition coefficient (Wildman–Crippen LogP) is 2.72. The number of carbonyl (C=O) groups is 1. The maximum absolute atomic E-state index is 12.3. The number of halogens is 1. The second-order valence-corrected chi connectivity index (χ2v) is 6.47. The van der Waals surface area contributed by atoms with E-state index < -0.39 is 0 Å². The van der Waals surface area contributed by atoms with Gasteiger partial charge >= 0.3 is 0 Å². The van der Waals surface area contributed by atoms with Gasteiger partial charge in [-0.15, -0.1) is 0 Å². The molecule has 1 aliphatic carbocycles. The van der Waals surface area contributed by atoms with Crippen LogP contribution in [0.4, 0.5) is 0 Å². The first kappa shape index (κ1) is 16.0. The van der Waals surface area contributed by atoms with Crippen molar-refractivity contribution in [1.29, 1.82) is 0 Å². The van der Waals surface area contributed by atoms with Gasteiger partial charge in [0.1, 0.15) is 0 Å². The van der Waals surface area contributed by atoms with Crippen molar-refractivity contribution in [2.24, 2.45) is 5.92 Å². The molecular formula is C17H20ClN3O2. The van der Waals surface area contributed by atoms with Crippen molar-refractivity contribution in [3.8, 4) is 5.69 Å². The summed E-state index contributed by atoms with van der Waals surface area (Å²) in [7, 11) is 0. The number of aliphatic hydroxyl groups excluding tert-OH is 1. The number of nitrogens with one attached hydrogen (secondary N) is 1. The van der Waals surface area contributed by atoms with E-state index in [1.165, 1.54) is 0 Å². The van der Waals surface area contributed by atoms with Gasteiger partial charge in [0.05, 0.1) is 11.8 Å². The highest BCUT2D eigenvalue weighted by Gasteiger charge is 2.25. The molecule has 1 aromatic heterocycles. The number of aliphatic hydroxyl groups is 1. The number of nitrogens with zero attached hydrogens (tertiary/aromatic N) is 2. The molecule has 1 saturated carbocycles. The first-order valence-corrected chi connectivity index (χ1v) is 8.21. The molecule has 5 nitrogen and oxygen atoms in total. The Morgan fingerprint density at radius 1 is 1.43 bits per heavy atom. The minimum atomic E-state index is -0.305. The van der Waals surface area contributed by atoms with Crippen molar-refractivity contribution in [2.45, 2.75) is 32.3 Å². The summed E-state index contributed by atoms with van der Waals surface area (Å²) in [5, 5.41) is 17.7. The maximum atomic E-state index is 12.3. The van der Waals surface area contributed by atoms with Crippen LogP contribution in [0.25, 0.3) is 5.69 Å². The molecule has 0 spiro atoms. The molecular weight excluding hydrogens is 314 g/mol. The average Bonchev–Trinajstić information content (AvgIpc) is 3.11. The van der Waals surface area contributed by atoms with E-state index in [-0.39, 0.29) is 17.9 Å². The molecule has 0 bridgehead atoms. The Morgan fingerprint density at radius 2 is 2.26 bits per heavy atom. The van der Waals surface area contributed by atoms with Gasteiger partial charge in [0, 0.05) is 23.2 Å². The largest absolute Gasteiger partial charge is 0.393 e. The van der Waals surface area contributed by atoms with Gasteiger partial charge in [0.2, 0.25) is 0 Å². The van der Waals surface area contributed by atoms with Gasteiger partial charge in [-0.05, 0) is 44.0 Å². The third kappa shape index (κ3) is 3.57. The molecule has 2 unspecified atom stereocenters. The van der Waals surface area contributed by atoms with Gasteiger partial charge in [0.25, 0.3) is 5.91 Å². The lowest BCUT2D eigenvalue weighted by Crippen LogP contribution is -2.32. The molecule has 1 aromatic carbocycles. The van der Waals surface area contributed by atoms with Gasteiger partial charge in [0.15, 0.2) is 5.69 Å². The van der Waals surface area contributed by atoms with Crippen LogP contribution < -0.4 is 5.32 Å². The number of carbonyl (C=O) groups excluding carboxylic acids is 1. The fourth-order valence-electron chi connectivity index (χ4n) is 3.02. The lowest BCUT2D eigenvalue weighted by molar-refractivity contribution is 0.0911. The number of hydrogen-bond donors (Lipinski definition) is 2. The van der Waals surface area contributed by atoms with Gasteiger partial charge < -0.3 is 10.4 Å². The molecule has 122 valence electrons. The SMILES string of the molecule is Cc1cc(C(=O)NCC2CCCC2O)nn1-c1cccc(Cl)c1. The summed E-state index contributed by atoms with van der Waals surface area (Å²) in [6, 6.07) is 9.09. The third-order valence-corrected chi connectivity index (χ3v) is 4.55. The number of hydrogen-bond acceptors (Lipinski definition) is 3.